The molecule has 1 nitrogen and oxygen atoms in total. The van der Waals surface area contributed by atoms with Crippen LogP contribution in [0.3, 0.4) is 0 Å². The van der Waals surface area contributed by atoms with Gasteiger partial charge in [-0.15, -0.1) is 0 Å². The highest BCUT2D eigenvalue weighted by Crippen LogP contribution is 2.04. The van der Waals surface area contributed by atoms with Gasteiger partial charge in [-0.05, 0) is 25.8 Å². The zero-order valence-electron chi connectivity index (χ0n) is 8.43. The minimum Gasteiger partial charge on any atom is -0.392 e. The van der Waals surface area contributed by atoms with Crippen molar-refractivity contribution in [3.63, 3.8) is 0 Å². The van der Waals surface area contributed by atoms with Crippen LogP contribution in [0.25, 0.3) is 0 Å². The lowest BCUT2D eigenvalue weighted by molar-refractivity contribution is 0.331. The molecule has 0 amide bonds. The van der Waals surface area contributed by atoms with Gasteiger partial charge in [-0.1, -0.05) is 37.5 Å². The molecule has 0 heterocycles. The van der Waals surface area contributed by atoms with Gasteiger partial charge < -0.3 is 5.11 Å². The number of unbranched alkanes of at least 4 members (excludes halogenated alkanes) is 2. The van der Waals surface area contributed by atoms with Gasteiger partial charge in [-0.2, -0.15) is 0 Å². The number of allylic oxidation sites excluding steroid dienone is 3. The Morgan fingerprint density at radius 1 is 1.33 bits per heavy atom. The normalized spacial score (nSPS) is 13.7. The third-order valence-corrected chi connectivity index (χ3v) is 1.75. The maximum absolute atomic E-state index is 8.76. The lowest BCUT2D eigenvalue weighted by atomic mass is 10.1. The van der Waals surface area contributed by atoms with Gasteiger partial charge >= 0.3 is 0 Å². The van der Waals surface area contributed by atoms with E-state index in [-0.39, 0.29) is 6.61 Å². The fraction of sp³-hybridized carbons (Fsp3) is 0.636. The molecule has 0 aromatic rings. The van der Waals surface area contributed by atoms with Crippen molar-refractivity contribution in [2.24, 2.45) is 0 Å². The van der Waals surface area contributed by atoms with Crippen molar-refractivity contribution in [1.29, 1.82) is 0 Å². The Kier molecular flexibility index (Phi) is 6.78. The van der Waals surface area contributed by atoms with E-state index in [1.54, 1.807) is 0 Å². The molecule has 0 aliphatic heterocycles. The summed E-state index contributed by atoms with van der Waals surface area (Å²) in [4.78, 5) is 0. The Hall–Kier alpha value is -0.560. The summed E-state index contributed by atoms with van der Waals surface area (Å²) in [7, 11) is 0. The molecule has 0 unspecified atom stereocenters. The summed E-state index contributed by atoms with van der Waals surface area (Å²) in [6.07, 6.45) is 7.91. The summed E-state index contributed by atoms with van der Waals surface area (Å²) in [5.74, 6) is 0. The highest BCUT2D eigenvalue weighted by Gasteiger charge is 1.87. The molecular weight excluding hydrogens is 148 g/mol. The van der Waals surface area contributed by atoms with Crippen molar-refractivity contribution >= 4 is 0 Å². The maximum atomic E-state index is 8.76. The molecule has 0 radical (unpaired) electrons. The molecule has 1 heteroatoms. The van der Waals surface area contributed by atoms with Crippen LogP contribution in [0.2, 0.25) is 0 Å². The predicted molar refractivity (Wildman–Crippen MR) is 54.1 cm³/mol. The summed E-state index contributed by atoms with van der Waals surface area (Å²) in [6, 6.07) is 0. The molecule has 0 bridgehead atoms. The quantitative estimate of drug-likeness (QED) is 0.494. The van der Waals surface area contributed by atoms with Gasteiger partial charge in [-0.3, -0.25) is 0 Å². The minimum absolute atomic E-state index is 0.166. The number of rotatable bonds is 5. The van der Waals surface area contributed by atoms with Crippen LogP contribution in [0.5, 0.6) is 0 Å². The molecule has 0 aliphatic rings. The van der Waals surface area contributed by atoms with Gasteiger partial charge in [0.2, 0.25) is 0 Å². The van der Waals surface area contributed by atoms with Crippen molar-refractivity contribution in [3.8, 4) is 0 Å². The smallest absolute Gasteiger partial charge is 0.0642 e. The van der Waals surface area contributed by atoms with Crippen LogP contribution in [0, 0.1) is 0 Å². The zero-order chi connectivity index (χ0) is 9.40. The molecule has 0 aliphatic carbocycles. The number of hydrogen-bond donors (Lipinski definition) is 1. The first-order chi connectivity index (χ1) is 5.70. The second-order valence-electron chi connectivity index (χ2n) is 3.24. The monoisotopic (exact) mass is 168 g/mol. The standard InChI is InChI=1S/C11H20O/c1-4-5-6-7-10(2)8-11(3)9-12/h7-8,12H,4-6,9H2,1-3H3/b10-7-,11-8+. The SMILES string of the molecule is CCCC/C=C(C)\C=C(/C)CO. The van der Waals surface area contributed by atoms with E-state index in [1.807, 2.05) is 13.0 Å². The molecule has 0 aromatic carbocycles. The summed E-state index contributed by atoms with van der Waals surface area (Å²) >= 11 is 0. The lowest BCUT2D eigenvalue weighted by Gasteiger charge is -1.96. The van der Waals surface area contributed by atoms with Crippen molar-refractivity contribution in [2.45, 2.75) is 40.0 Å². The van der Waals surface area contributed by atoms with Gasteiger partial charge in [0.05, 0.1) is 6.61 Å². The largest absolute Gasteiger partial charge is 0.392 e. The lowest BCUT2D eigenvalue weighted by Crippen LogP contribution is -1.84. The average Bonchev–Trinajstić information content (AvgIpc) is 2.05. The van der Waals surface area contributed by atoms with E-state index in [1.165, 1.54) is 18.4 Å². The van der Waals surface area contributed by atoms with Crippen LogP contribution >= 0.6 is 0 Å². The van der Waals surface area contributed by atoms with Crippen LogP contribution in [-0.2, 0) is 0 Å². The summed E-state index contributed by atoms with van der Waals surface area (Å²) in [5, 5.41) is 8.76. The first-order valence-corrected chi connectivity index (χ1v) is 4.65. The van der Waals surface area contributed by atoms with Gasteiger partial charge in [0.15, 0.2) is 0 Å². The van der Waals surface area contributed by atoms with Crippen LogP contribution in [0.4, 0.5) is 0 Å². The fourth-order valence-electron chi connectivity index (χ4n) is 1.03. The van der Waals surface area contributed by atoms with Gasteiger partial charge in [0.1, 0.15) is 0 Å². The second kappa shape index (κ2) is 7.11. The number of aliphatic hydroxyl groups excluding tert-OH is 1. The average molecular weight is 168 g/mol. The van der Waals surface area contributed by atoms with E-state index in [9.17, 15) is 0 Å². The minimum atomic E-state index is 0.166. The zero-order valence-corrected chi connectivity index (χ0v) is 8.43. The number of hydrogen-bond acceptors (Lipinski definition) is 1. The summed E-state index contributed by atoms with van der Waals surface area (Å²) < 4.78 is 0. The van der Waals surface area contributed by atoms with E-state index in [4.69, 9.17) is 5.11 Å². The Balaban J connectivity index is 3.84. The van der Waals surface area contributed by atoms with Crippen LogP contribution < -0.4 is 0 Å². The van der Waals surface area contributed by atoms with E-state index < -0.39 is 0 Å². The van der Waals surface area contributed by atoms with Crippen molar-refractivity contribution in [2.75, 3.05) is 6.61 Å². The van der Waals surface area contributed by atoms with E-state index >= 15 is 0 Å². The van der Waals surface area contributed by atoms with Crippen LogP contribution in [0.1, 0.15) is 40.0 Å². The van der Waals surface area contributed by atoms with Gasteiger partial charge in [0.25, 0.3) is 0 Å². The predicted octanol–water partition coefficient (Wildman–Crippen LogP) is 3.06. The molecule has 12 heavy (non-hydrogen) atoms. The summed E-state index contributed by atoms with van der Waals surface area (Å²) in [5.41, 5.74) is 2.29. The van der Waals surface area contributed by atoms with Gasteiger partial charge in [-0.25, -0.2) is 0 Å². The highest BCUT2D eigenvalue weighted by molar-refractivity contribution is 5.20. The van der Waals surface area contributed by atoms with Crippen molar-refractivity contribution < 1.29 is 5.11 Å². The fourth-order valence-corrected chi connectivity index (χ4v) is 1.03. The van der Waals surface area contributed by atoms with E-state index in [0.29, 0.717) is 0 Å². The first kappa shape index (κ1) is 11.4. The highest BCUT2D eigenvalue weighted by atomic mass is 16.3. The molecule has 0 saturated carbocycles. The molecule has 0 aromatic heterocycles. The Bertz CT molecular complexity index is 166. The van der Waals surface area contributed by atoms with Crippen LogP contribution in [0.15, 0.2) is 23.3 Å². The Morgan fingerprint density at radius 2 is 2.00 bits per heavy atom. The molecule has 0 saturated heterocycles. The van der Waals surface area contributed by atoms with E-state index in [2.05, 4.69) is 19.9 Å². The Labute approximate surface area is 75.8 Å². The molecule has 70 valence electrons. The van der Waals surface area contributed by atoms with Crippen molar-refractivity contribution in [3.05, 3.63) is 23.3 Å². The molecular formula is C11H20O. The van der Waals surface area contributed by atoms with Crippen molar-refractivity contribution in [1.82, 2.24) is 0 Å². The molecule has 0 spiro atoms. The third kappa shape index (κ3) is 6.17. The Morgan fingerprint density at radius 3 is 2.50 bits per heavy atom. The van der Waals surface area contributed by atoms with Crippen LogP contribution in [-0.4, -0.2) is 11.7 Å². The second-order valence-corrected chi connectivity index (χ2v) is 3.24. The summed E-state index contributed by atoms with van der Waals surface area (Å²) in [6.45, 7) is 6.38. The molecule has 1 N–H and O–H groups in total. The maximum Gasteiger partial charge on any atom is 0.0642 e. The molecule has 0 fully saturated rings. The topological polar surface area (TPSA) is 20.2 Å². The van der Waals surface area contributed by atoms with Gasteiger partial charge in [0, 0.05) is 0 Å². The molecule has 0 rings (SSSR count). The molecule has 0 atom stereocenters. The first-order valence-electron chi connectivity index (χ1n) is 4.65. The number of aliphatic hydroxyl groups is 1. The van der Waals surface area contributed by atoms with E-state index in [0.717, 1.165) is 12.0 Å². The third-order valence-electron chi connectivity index (χ3n) is 1.75.